The summed E-state index contributed by atoms with van der Waals surface area (Å²) < 4.78 is 12.2. The van der Waals surface area contributed by atoms with E-state index in [1.165, 1.54) is 0 Å². The van der Waals surface area contributed by atoms with Gasteiger partial charge in [0.2, 0.25) is 0 Å². The molecule has 7 heteroatoms. The van der Waals surface area contributed by atoms with Crippen molar-refractivity contribution in [1.29, 1.82) is 0 Å². The average Bonchev–Trinajstić information content (AvgIpc) is 2.67. The minimum absolute atomic E-state index is 0.00989. The highest BCUT2D eigenvalue weighted by Gasteiger charge is 2.54. The van der Waals surface area contributed by atoms with Crippen molar-refractivity contribution in [3.8, 4) is 0 Å². The lowest BCUT2D eigenvalue weighted by molar-refractivity contribution is -0.149. The molecule has 0 unspecified atom stereocenters. The van der Waals surface area contributed by atoms with Gasteiger partial charge in [-0.15, -0.1) is 0 Å². The Kier molecular flexibility index (Phi) is 8.53. The molecule has 2 aliphatic rings. The Morgan fingerprint density at radius 3 is 2.42 bits per heavy atom. The lowest BCUT2D eigenvalue weighted by Gasteiger charge is -2.51. The minimum atomic E-state index is -1.89. The minimum Gasteiger partial charge on any atom is -0.444 e. The van der Waals surface area contributed by atoms with Gasteiger partial charge in [0.15, 0.2) is 8.32 Å². The fourth-order valence-corrected chi connectivity index (χ4v) is 6.55. The highest BCUT2D eigenvalue weighted by molar-refractivity contribution is 6.69. The Bertz CT molecular complexity index is 653. The van der Waals surface area contributed by atoms with Crippen LogP contribution in [0.25, 0.3) is 0 Å². The molecule has 2 fully saturated rings. The number of Topliss-reactive ketones (excluding diaryl/α,β-unsaturated/α-hetero) is 1. The third kappa shape index (κ3) is 6.88. The molecule has 0 radical (unpaired) electrons. The lowest BCUT2D eigenvalue weighted by atomic mass is 9.56. The van der Waals surface area contributed by atoms with Gasteiger partial charge in [-0.1, -0.05) is 6.92 Å². The molecule has 6 nitrogen and oxygen atoms in total. The van der Waals surface area contributed by atoms with Gasteiger partial charge < -0.3 is 18.9 Å². The van der Waals surface area contributed by atoms with Crippen molar-refractivity contribution in [3.63, 3.8) is 0 Å². The van der Waals surface area contributed by atoms with Crippen molar-refractivity contribution in [2.24, 2.45) is 17.3 Å². The number of rotatable bonds is 4. The van der Waals surface area contributed by atoms with Crippen molar-refractivity contribution in [3.05, 3.63) is 0 Å². The summed E-state index contributed by atoms with van der Waals surface area (Å²) in [7, 11) is -1.89. The van der Waals surface area contributed by atoms with Gasteiger partial charge >= 0.3 is 6.09 Å². The number of aldehydes is 1. The SMILES string of the molecule is C[C@@H]1C[C@@H](CC=O)[C@]2(CCCN(C(=O)OC(C)(C)C)CCCC2=O)[C@@H](O[Si](C)(C)C)C1. The van der Waals surface area contributed by atoms with Gasteiger partial charge in [-0.25, -0.2) is 4.79 Å². The summed E-state index contributed by atoms with van der Waals surface area (Å²) in [5, 5.41) is 0. The first-order valence-corrected chi connectivity index (χ1v) is 15.3. The van der Waals surface area contributed by atoms with Crippen LogP contribution in [0, 0.1) is 17.3 Å². The lowest BCUT2D eigenvalue weighted by Crippen LogP contribution is -2.56. The molecule has 0 aromatic heterocycles. The number of hydrogen-bond donors (Lipinski definition) is 0. The molecule has 2 rings (SSSR count). The zero-order chi connectivity index (χ0) is 23.4. The average molecular weight is 454 g/mol. The molecule has 1 heterocycles. The second-order valence-corrected chi connectivity index (χ2v) is 16.0. The molecule has 1 saturated heterocycles. The Balaban J connectivity index is 2.33. The van der Waals surface area contributed by atoms with Crippen LogP contribution in [-0.4, -0.2) is 56.2 Å². The third-order valence-electron chi connectivity index (χ3n) is 6.50. The highest BCUT2D eigenvalue weighted by Crippen LogP contribution is 2.51. The maximum absolute atomic E-state index is 13.8. The molecule has 0 aromatic carbocycles. The van der Waals surface area contributed by atoms with Crippen LogP contribution < -0.4 is 0 Å². The normalized spacial score (nSPS) is 31.0. The summed E-state index contributed by atoms with van der Waals surface area (Å²) in [5.74, 6) is 0.659. The second kappa shape index (κ2) is 10.2. The summed E-state index contributed by atoms with van der Waals surface area (Å²) in [6, 6.07) is 0. The Morgan fingerprint density at radius 1 is 1.19 bits per heavy atom. The molecule has 4 atom stereocenters. The van der Waals surface area contributed by atoms with Crippen LogP contribution in [0.4, 0.5) is 4.79 Å². The molecule has 1 saturated carbocycles. The van der Waals surface area contributed by atoms with E-state index in [9.17, 15) is 14.4 Å². The van der Waals surface area contributed by atoms with E-state index in [2.05, 4.69) is 26.6 Å². The molecule has 1 spiro atoms. The zero-order valence-electron chi connectivity index (χ0n) is 20.7. The van der Waals surface area contributed by atoms with E-state index < -0.39 is 19.3 Å². The van der Waals surface area contributed by atoms with Crippen molar-refractivity contribution < 1.29 is 23.5 Å². The number of amides is 1. The molecular formula is C24H43NO5Si. The van der Waals surface area contributed by atoms with Crippen LogP contribution in [0.3, 0.4) is 0 Å². The van der Waals surface area contributed by atoms with Gasteiger partial charge in [-0.2, -0.15) is 0 Å². The zero-order valence-corrected chi connectivity index (χ0v) is 21.7. The summed E-state index contributed by atoms with van der Waals surface area (Å²) in [5.41, 5.74) is -1.17. The Morgan fingerprint density at radius 2 is 1.84 bits per heavy atom. The predicted octanol–water partition coefficient (Wildman–Crippen LogP) is 5.21. The van der Waals surface area contributed by atoms with Crippen LogP contribution in [0.15, 0.2) is 0 Å². The van der Waals surface area contributed by atoms with Crippen LogP contribution >= 0.6 is 0 Å². The number of carbonyl (C=O) groups excluding carboxylic acids is 3. The second-order valence-electron chi connectivity index (χ2n) is 11.5. The summed E-state index contributed by atoms with van der Waals surface area (Å²) in [6.45, 7) is 15.4. The van der Waals surface area contributed by atoms with Crippen molar-refractivity contribution in [1.82, 2.24) is 4.90 Å². The van der Waals surface area contributed by atoms with E-state index in [-0.39, 0.29) is 23.9 Å². The van der Waals surface area contributed by atoms with Crippen LogP contribution in [0.2, 0.25) is 19.6 Å². The van der Waals surface area contributed by atoms with Gasteiger partial charge in [0.05, 0.1) is 11.5 Å². The molecule has 0 N–H and O–H groups in total. The van der Waals surface area contributed by atoms with Gasteiger partial charge in [0.1, 0.15) is 17.7 Å². The number of ketones is 1. The van der Waals surface area contributed by atoms with E-state index in [1.54, 1.807) is 4.90 Å². The first kappa shape index (κ1) is 26.0. The van der Waals surface area contributed by atoms with Crippen LogP contribution in [0.5, 0.6) is 0 Å². The van der Waals surface area contributed by atoms with E-state index in [0.717, 1.165) is 19.1 Å². The fraction of sp³-hybridized carbons (Fsp3) is 0.875. The molecule has 0 aromatic rings. The van der Waals surface area contributed by atoms with Gasteiger partial charge in [-0.05, 0) is 84.4 Å². The molecule has 1 aliphatic carbocycles. The van der Waals surface area contributed by atoms with Crippen molar-refractivity contribution in [2.75, 3.05) is 13.1 Å². The van der Waals surface area contributed by atoms with E-state index in [0.29, 0.717) is 51.1 Å². The quantitative estimate of drug-likeness (QED) is 0.432. The van der Waals surface area contributed by atoms with Gasteiger partial charge in [0, 0.05) is 25.9 Å². The monoisotopic (exact) mass is 453 g/mol. The standard InChI is InChI=1S/C24H43NO5Si/c1-18-16-19(11-15-26)24(21(17-18)30-31(5,6)7)12-9-14-25(13-8-10-20(24)27)22(28)29-23(2,3)4/h15,18-19,21H,8-14,16-17H2,1-7H3/t18-,19-,21+,24+/m1/s1. The van der Waals surface area contributed by atoms with Crippen molar-refractivity contribution >= 4 is 26.5 Å². The largest absolute Gasteiger partial charge is 0.444 e. The summed E-state index contributed by atoms with van der Waals surface area (Å²) >= 11 is 0. The number of hydrogen-bond acceptors (Lipinski definition) is 5. The van der Waals surface area contributed by atoms with E-state index >= 15 is 0 Å². The predicted molar refractivity (Wildman–Crippen MR) is 125 cm³/mol. The van der Waals surface area contributed by atoms with E-state index in [1.807, 2.05) is 20.8 Å². The molecule has 1 amide bonds. The first-order chi connectivity index (χ1) is 14.3. The summed E-state index contributed by atoms with van der Waals surface area (Å²) in [4.78, 5) is 39.8. The maximum Gasteiger partial charge on any atom is 0.410 e. The van der Waals surface area contributed by atoms with Gasteiger partial charge in [-0.3, -0.25) is 4.79 Å². The summed E-state index contributed by atoms with van der Waals surface area (Å²) in [6.07, 6.45) is 5.05. The van der Waals surface area contributed by atoms with Crippen LogP contribution in [-0.2, 0) is 18.8 Å². The third-order valence-corrected chi connectivity index (χ3v) is 7.50. The van der Waals surface area contributed by atoms with Crippen LogP contribution in [0.1, 0.15) is 72.6 Å². The Hall–Kier alpha value is -1.21. The van der Waals surface area contributed by atoms with E-state index in [4.69, 9.17) is 9.16 Å². The Labute approximate surface area is 189 Å². The molecule has 0 bridgehead atoms. The highest BCUT2D eigenvalue weighted by atomic mass is 28.4. The molecule has 31 heavy (non-hydrogen) atoms. The molecular weight excluding hydrogens is 410 g/mol. The maximum atomic E-state index is 13.8. The topological polar surface area (TPSA) is 72.9 Å². The smallest absolute Gasteiger partial charge is 0.410 e. The van der Waals surface area contributed by atoms with Gasteiger partial charge in [0.25, 0.3) is 0 Å². The number of ether oxygens (including phenoxy) is 1. The fourth-order valence-electron chi connectivity index (χ4n) is 5.39. The number of carbonyl (C=O) groups is 3. The molecule has 178 valence electrons. The molecule has 1 aliphatic heterocycles. The number of nitrogens with zero attached hydrogens (tertiary/aromatic N) is 1. The first-order valence-electron chi connectivity index (χ1n) is 11.9. The van der Waals surface area contributed by atoms with Crippen molar-refractivity contribution in [2.45, 2.75) is 104 Å².